The van der Waals surface area contributed by atoms with Crippen LogP contribution in [0.1, 0.15) is 42.5 Å². The number of alkyl halides is 6. The van der Waals surface area contributed by atoms with Crippen LogP contribution in [-0.4, -0.2) is 19.6 Å². The van der Waals surface area contributed by atoms with E-state index in [4.69, 9.17) is 4.74 Å². The van der Waals surface area contributed by atoms with Gasteiger partial charge in [-0.3, -0.25) is 4.79 Å². The van der Waals surface area contributed by atoms with Gasteiger partial charge in [0.25, 0.3) is 0 Å². The van der Waals surface area contributed by atoms with Gasteiger partial charge in [0, 0.05) is 18.8 Å². The Balaban J connectivity index is 2.03. The molecule has 0 spiro atoms. The van der Waals surface area contributed by atoms with Crippen LogP contribution in [-0.2, 0) is 34.8 Å². The predicted octanol–water partition coefficient (Wildman–Crippen LogP) is 8.16. The highest BCUT2D eigenvalue weighted by Gasteiger charge is 2.31. The van der Waals surface area contributed by atoms with Crippen LogP contribution in [0.3, 0.4) is 0 Å². The first-order valence-electron chi connectivity index (χ1n) is 12.1. The quantitative estimate of drug-likeness (QED) is 0.204. The summed E-state index contributed by atoms with van der Waals surface area (Å²) in [5, 5.41) is 0. The maximum Gasteiger partial charge on any atom is 0.416 e. The summed E-state index contributed by atoms with van der Waals surface area (Å²) in [6.07, 6.45) is -8.17. The van der Waals surface area contributed by atoms with Crippen molar-refractivity contribution in [3.63, 3.8) is 0 Å². The number of carbonyl (C=O) groups excluding carboxylic acids is 1. The van der Waals surface area contributed by atoms with Gasteiger partial charge >= 0.3 is 18.3 Å². The molecule has 0 atom stereocenters. The molecule has 0 saturated carbocycles. The van der Waals surface area contributed by atoms with Crippen LogP contribution in [0, 0.1) is 5.92 Å². The first-order chi connectivity index (χ1) is 17.8. The van der Waals surface area contributed by atoms with Crippen LogP contribution < -0.4 is 4.90 Å². The molecule has 9 heteroatoms. The minimum atomic E-state index is -4.48. The standard InChI is InChI=1S/C29H29F6NO2/c1-19(2)14-15-36(25-12-10-24(11-13-25)29(33,34)35)18-22-5-4-20(17-27(37)38-3)16-26(22)21-6-8-23(9-7-21)28(30,31)32/h4-13,16,19H,14-15,17-18H2,1-3H3. The van der Waals surface area contributed by atoms with Gasteiger partial charge in [0.15, 0.2) is 0 Å². The molecule has 3 nitrogen and oxygen atoms in total. The fourth-order valence-electron chi connectivity index (χ4n) is 4.00. The number of carbonyl (C=O) groups is 1. The molecule has 38 heavy (non-hydrogen) atoms. The Labute approximate surface area is 218 Å². The number of methoxy groups -OCH3 is 1. The lowest BCUT2D eigenvalue weighted by Crippen LogP contribution is -2.25. The third-order valence-electron chi connectivity index (χ3n) is 6.17. The fourth-order valence-corrected chi connectivity index (χ4v) is 4.00. The zero-order chi connectivity index (χ0) is 28.1. The first-order valence-corrected chi connectivity index (χ1v) is 12.1. The van der Waals surface area contributed by atoms with Gasteiger partial charge in [-0.2, -0.15) is 26.3 Å². The van der Waals surface area contributed by atoms with Crippen LogP contribution >= 0.6 is 0 Å². The van der Waals surface area contributed by atoms with Crippen LogP contribution in [0.15, 0.2) is 66.7 Å². The molecule has 0 N–H and O–H groups in total. The Morgan fingerprint density at radius 3 is 1.89 bits per heavy atom. The second-order valence-electron chi connectivity index (χ2n) is 9.47. The SMILES string of the molecule is COC(=O)Cc1ccc(CN(CCC(C)C)c2ccc(C(F)(F)F)cc2)c(-c2ccc(C(F)(F)F)cc2)c1. The van der Waals surface area contributed by atoms with Gasteiger partial charge in [0.2, 0.25) is 0 Å². The Hall–Kier alpha value is -3.49. The summed E-state index contributed by atoms with van der Waals surface area (Å²) in [5.41, 5.74) is 1.59. The van der Waals surface area contributed by atoms with Crippen molar-refractivity contribution >= 4 is 11.7 Å². The maximum atomic E-state index is 13.1. The molecular formula is C29H29F6NO2. The van der Waals surface area contributed by atoms with Crippen molar-refractivity contribution in [2.24, 2.45) is 5.92 Å². The molecule has 0 aliphatic rings. The van der Waals surface area contributed by atoms with Gasteiger partial charge in [-0.25, -0.2) is 0 Å². The second kappa shape index (κ2) is 11.9. The van der Waals surface area contributed by atoms with Gasteiger partial charge in [0.05, 0.1) is 24.7 Å². The lowest BCUT2D eigenvalue weighted by Gasteiger charge is -2.27. The van der Waals surface area contributed by atoms with E-state index in [0.717, 1.165) is 36.2 Å². The van der Waals surface area contributed by atoms with Crippen molar-refractivity contribution in [2.45, 2.75) is 45.6 Å². The molecule has 0 bridgehead atoms. The number of benzene rings is 3. The predicted molar refractivity (Wildman–Crippen MR) is 135 cm³/mol. The molecule has 3 aromatic rings. The van der Waals surface area contributed by atoms with Gasteiger partial charge in [0.1, 0.15) is 0 Å². The number of nitrogens with zero attached hydrogens (tertiary/aromatic N) is 1. The molecule has 0 heterocycles. The number of rotatable bonds is 9. The smallest absolute Gasteiger partial charge is 0.416 e. The highest BCUT2D eigenvalue weighted by atomic mass is 19.4. The summed E-state index contributed by atoms with van der Waals surface area (Å²) in [5.74, 6) is -0.122. The van der Waals surface area contributed by atoms with E-state index in [1.807, 2.05) is 18.7 Å². The maximum absolute atomic E-state index is 13.1. The highest BCUT2D eigenvalue weighted by molar-refractivity contribution is 5.75. The monoisotopic (exact) mass is 537 g/mol. The molecule has 3 rings (SSSR count). The number of halogens is 6. The molecule has 0 amide bonds. The minimum Gasteiger partial charge on any atom is -0.469 e. The van der Waals surface area contributed by atoms with Crippen molar-refractivity contribution in [1.82, 2.24) is 0 Å². The van der Waals surface area contributed by atoms with E-state index in [-0.39, 0.29) is 6.42 Å². The normalized spacial score (nSPS) is 12.1. The summed E-state index contributed by atoms with van der Waals surface area (Å²) in [4.78, 5) is 13.8. The van der Waals surface area contributed by atoms with Crippen molar-refractivity contribution < 1.29 is 35.9 Å². The number of hydrogen-bond donors (Lipinski definition) is 0. The van der Waals surface area contributed by atoms with E-state index < -0.39 is 29.4 Å². The van der Waals surface area contributed by atoms with Crippen LogP contribution in [0.5, 0.6) is 0 Å². The average molecular weight is 538 g/mol. The Kier molecular flexibility index (Phi) is 9.12. The van der Waals surface area contributed by atoms with Gasteiger partial charge in [-0.05, 0) is 71.0 Å². The lowest BCUT2D eigenvalue weighted by molar-refractivity contribution is -0.140. The van der Waals surface area contributed by atoms with Gasteiger partial charge in [-0.15, -0.1) is 0 Å². The average Bonchev–Trinajstić information content (AvgIpc) is 2.86. The molecule has 3 aromatic carbocycles. The Morgan fingerprint density at radius 1 is 0.842 bits per heavy atom. The largest absolute Gasteiger partial charge is 0.469 e. The number of anilines is 1. The van der Waals surface area contributed by atoms with Gasteiger partial charge < -0.3 is 9.64 Å². The van der Waals surface area contributed by atoms with E-state index in [2.05, 4.69) is 0 Å². The van der Waals surface area contributed by atoms with Crippen LogP contribution in [0.2, 0.25) is 0 Å². The summed E-state index contributed by atoms with van der Waals surface area (Å²) >= 11 is 0. The molecular weight excluding hydrogens is 508 g/mol. The second-order valence-corrected chi connectivity index (χ2v) is 9.47. The van der Waals surface area contributed by atoms with E-state index in [1.54, 1.807) is 18.2 Å². The van der Waals surface area contributed by atoms with E-state index in [1.165, 1.54) is 31.4 Å². The third kappa shape index (κ3) is 7.76. The highest BCUT2D eigenvalue weighted by Crippen LogP contribution is 2.34. The molecule has 0 fully saturated rings. The molecule has 204 valence electrons. The first kappa shape index (κ1) is 29.1. The fraction of sp³-hybridized carbons (Fsp3) is 0.345. The molecule has 0 aromatic heterocycles. The molecule has 0 unspecified atom stereocenters. The molecule has 0 aliphatic carbocycles. The van der Waals surface area contributed by atoms with Crippen LogP contribution in [0.4, 0.5) is 32.0 Å². The number of hydrogen-bond acceptors (Lipinski definition) is 3. The van der Waals surface area contributed by atoms with Crippen molar-refractivity contribution in [3.8, 4) is 11.1 Å². The van der Waals surface area contributed by atoms with Gasteiger partial charge in [-0.1, -0.05) is 44.2 Å². The Bertz CT molecular complexity index is 1220. The van der Waals surface area contributed by atoms with Crippen molar-refractivity contribution in [1.29, 1.82) is 0 Å². The zero-order valence-corrected chi connectivity index (χ0v) is 21.3. The minimum absolute atomic E-state index is 0.0135. The molecule has 0 radical (unpaired) electrons. The number of esters is 1. The van der Waals surface area contributed by atoms with Crippen LogP contribution in [0.25, 0.3) is 11.1 Å². The van der Waals surface area contributed by atoms with E-state index in [9.17, 15) is 31.1 Å². The lowest BCUT2D eigenvalue weighted by atomic mass is 9.94. The third-order valence-corrected chi connectivity index (χ3v) is 6.17. The molecule has 0 aliphatic heterocycles. The topological polar surface area (TPSA) is 29.5 Å². The summed E-state index contributed by atoms with van der Waals surface area (Å²) in [6, 6.07) is 14.9. The zero-order valence-electron chi connectivity index (χ0n) is 21.3. The number of ether oxygens (including phenoxy) is 1. The van der Waals surface area contributed by atoms with Crippen molar-refractivity contribution in [3.05, 3.63) is 89.0 Å². The summed E-state index contributed by atoms with van der Waals surface area (Å²) in [6.45, 7) is 4.94. The summed E-state index contributed by atoms with van der Waals surface area (Å²) in [7, 11) is 1.27. The van der Waals surface area contributed by atoms with E-state index in [0.29, 0.717) is 41.4 Å². The van der Waals surface area contributed by atoms with E-state index >= 15 is 0 Å². The van der Waals surface area contributed by atoms with Crippen molar-refractivity contribution in [2.75, 3.05) is 18.6 Å². The summed E-state index contributed by atoms with van der Waals surface area (Å²) < 4.78 is 83.4. The molecule has 0 saturated heterocycles. The Morgan fingerprint density at radius 2 is 1.39 bits per heavy atom.